The topological polar surface area (TPSA) is 64.4 Å². The highest BCUT2D eigenvalue weighted by molar-refractivity contribution is 5.76. The Morgan fingerprint density at radius 1 is 1.39 bits per heavy atom. The summed E-state index contributed by atoms with van der Waals surface area (Å²) >= 11 is 0. The summed E-state index contributed by atoms with van der Waals surface area (Å²) in [6.07, 6.45) is 0. The van der Waals surface area contributed by atoms with E-state index in [4.69, 9.17) is 4.74 Å². The number of ether oxygens (including phenoxy) is 1. The second-order valence-electron chi connectivity index (χ2n) is 4.36. The predicted molar refractivity (Wildman–Crippen MR) is 65.4 cm³/mol. The van der Waals surface area contributed by atoms with Gasteiger partial charge in [0.15, 0.2) is 0 Å². The third kappa shape index (κ3) is 2.76. The van der Waals surface area contributed by atoms with Crippen molar-refractivity contribution in [1.82, 2.24) is 14.5 Å². The summed E-state index contributed by atoms with van der Waals surface area (Å²) in [5, 5.41) is 0. The van der Waals surface area contributed by atoms with Crippen molar-refractivity contribution in [1.29, 1.82) is 0 Å². The number of hydrogen-bond acceptors (Lipinski definition) is 4. The van der Waals surface area contributed by atoms with Gasteiger partial charge in [-0.3, -0.25) is 14.2 Å². The number of rotatable bonds is 2. The Morgan fingerprint density at radius 3 is 2.67 bits per heavy atom. The lowest BCUT2D eigenvalue weighted by molar-refractivity contribution is -0.136. The van der Waals surface area contributed by atoms with Gasteiger partial charge in [0.25, 0.3) is 5.56 Å². The Morgan fingerprint density at radius 2 is 2.06 bits per heavy atom. The molecule has 0 aromatic carbocycles. The molecule has 0 aliphatic carbocycles. The third-order valence-electron chi connectivity index (χ3n) is 2.98. The van der Waals surface area contributed by atoms with Crippen LogP contribution in [-0.2, 0) is 16.1 Å². The Balaban J connectivity index is 2.14. The fourth-order valence-electron chi connectivity index (χ4n) is 2.00. The van der Waals surface area contributed by atoms with Gasteiger partial charge >= 0.3 is 0 Å². The van der Waals surface area contributed by atoms with Crippen LogP contribution >= 0.6 is 0 Å². The van der Waals surface area contributed by atoms with Crippen LogP contribution in [0.5, 0.6) is 0 Å². The molecular formula is C12H17N3O3. The molecule has 0 bridgehead atoms. The van der Waals surface area contributed by atoms with Crippen molar-refractivity contribution in [2.45, 2.75) is 20.4 Å². The number of morpholine rings is 1. The van der Waals surface area contributed by atoms with Gasteiger partial charge in [0, 0.05) is 24.8 Å². The molecule has 0 radical (unpaired) electrons. The number of carbonyl (C=O) groups excluding carboxylic acids is 1. The Bertz CT molecular complexity index is 504. The van der Waals surface area contributed by atoms with Gasteiger partial charge < -0.3 is 9.64 Å². The first kappa shape index (κ1) is 12.8. The zero-order valence-corrected chi connectivity index (χ0v) is 10.7. The Kier molecular flexibility index (Phi) is 3.76. The number of aromatic nitrogens is 2. The van der Waals surface area contributed by atoms with Gasteiger partial charge in [0.1, 0.15) is 12.4 Å². The second kappa shape index (κ2) is 5.30. The van der Waals surface area contributed by atoms with Crippen LogP contribution in [0.25, 0.3) is 0 Å². The van der Waals surface area contributed by atoms with Crippen molar-refractivity contribution in [3.8, 4) is 0 Å². The molecule has 1 aromatic rings. The normalized spacial score (nSPS) is 15.8. The van der Waals surface area contributed by atoms with Crippen molar-refractivity contribution < 1.29 is 9.53 Å². The van der Waals surface area contributed by atoms with Crippen molar-refractivity contribution in [3.05, 3.63) is 27.9 Å². The lowest BCUT2D eigenvalue weighted by atomic mass is 10.3. The predicted octanol–water partition coefficient (Wildman–Crippen LogP) is -0.281. The summed E-state index contributed by atoms with van der Waals surface area (Å²) in [6, 6.07) is 1.44. The van der Waals surface area contributed by atoms with E-state index in [2.05, 4.69) is 4.98 Å². The summed E-state index contributed by atoms with van der Waals surface area (Å²) < 4.78 is 6.60. The van der Waals surface area contributed by atoms with Crippen LogP contribution in [0.2, 0.25) is 0 Å². The molecule has 6 heteroatoms. The van der Waals surface area contributed by atoms with Crippen molar-refractivity contribution >= 4 is 5.91 Å². The Hall–Kier alpha value is -1.69. The lowest BCUT2D eigenvalue weighted by Gasteiger charge is -2.27. The average Bonchev–Trinajstić information content (AvgIpc) is 2.34. The standard InChI is InChI=1S/C12H17N3O3/c1-9-7-11(16)15(10(2)13-9)8-12(17)14-3-5-18-6-4-14/h7H,3-6,8H2,1-2H3. The van der Waals surface area contributed by atoms with Crippen LogP contribution < -0.4 is 5.56 Å². The minimum absolute atomic E-state index is 0.0535. The minimum atomic E-state index is -0.179. The van der Waals surface area contributed by atoms with Gasteiger partial charge in [-0.15, -0.1) is 0 Å². The van der Waals surface area contributed by atoms with Crippen LogP contribution in [-0.4, -0.2) is 46.7 Å². The summed E-state index contributed by atoms with van der Waals surface area (Å²) in [5.74, 6) is 0.510. The fraction of sp³-hybridized carbons (Fsp3) is 0.583. The molecule has 0 unspecified atom stereocenters. The van der Waals surface area contributed by atoms with E-state index < -0.39 is 0 Å². The lowest BCUT2D eigenvalue weighted by Crippen LogP contribution is -2.43. The largest absolute Gasteiger partial charge is 0.378 e. The van der Waals surface area contributed by atoms with Crippen LogP contribution in [0.15, 0.2) is 10.9 Å². The maximum absolute atomic E-state index is 12.0. The highest BCUT2D eigenvalue weighted by Crippen LogP contribution is 2.00. The zero-order chi connectivity index (χ0) is 13.1. The first-order valence-electron chi connectivity index (χ1n) is 5.98. The van der Waals surface area contributed by atoms with Crippen LogP contribution in [0, 0.1) is 13.8 Å². The average molecular weight is 251 g/mol. The van der Waals surface area contributed by atoms with Gasteiger partial charge in [-0.25, -0.2) is 4.98 Å². The van der Waals surface area contributed by atoms with Crippen molar-refractivity contribution in [2.75, 3.05) is 26.3 Å². The molecule has 1 fully saturated rings. The number of aryl methyl sites for hydroxylation is 2. The molecule has 2 heterocycles. The maximum Gasteiger partial charge on any atom is 0.254 e. The zero-order valence-electron chi connectivity index (χ0n) is 10.7. The van der Waals surface area contributed by atoms with Gasteiger partial charge in [0.2, 0.25) is 5.91 Å². The van der Waals surface area contributed by atoms with E-state index in [-0.39, 0.29) is 18.0 Å². The number of hydrogen-bond donors (Lipinski definition) is 0. The molecule has 1 aliphatic heterocycles. The molecule has 0 N–H and O–H groups in total. The maximum atomic E-state index is 12.0. The molecule has 0 saturated carbocycles. The van der Waals surface area contributed by atoms with E-state index in [0.717, 1.165) is 0 Å². The van der Waals surface area contributed by atoms with Crippen LogP contribution in [0.3, 0.4) is 0 Å². The molecule has 2 rings (SSSR count). The molecule has 6 nitrogen and oxygen atoms in total. The summed E-state index contributed by atoms with van der Waals surface area (Å²) in [7, 11) is 0. The molecule has 18 heavy (non-hydrogen) atoms. The van der Waals surface area contributed by atoms with E-state index in [0.29, 0.717) is 37.8 Å². The summed E-state index contributed by atoms with van der Waals surface area (Å²) in [5.41, 5.74) is 0.495. The van der Waals surface area contributed by atoms with Gasteiger partial charge in [-0.05, 0) is 13.8 Å². The summed E-state index contributed by atoms with van der Waals surface area (Å²) in [6.45, 7) is 5.86. The van der Waals surface area contributed by atoms with Gasteiger partial charge in [-0.2, -0.15) is 0 Å². The van der Waals surface area contributed by atoms with E-state index >= 15 is 0 Å². The molecule has 1 saturated heterocycles. The molecule has 0 spiro atoms. The molecule has 0 atom stereocenters. The first-order valence-corrected chi connectivity index (χ1v) is 5.98. The molecular weight excluding hydrogens is 234 g/mol. The van der Waals surface area contributed by atoms with Gasteiger partial charge in [-0.1, -0.05) is 0 Å². The fourth-order valence-corrected chi connectivity index (χ4v) is 2.00. The highest BCUT2D eigenvalue weighted by Gasteiger charge is 2.18. The van der Waals surface area contributed by atoms with Crippen molar-refractivity contribution in [2.24, 2.45) is 0 Å². The number of amides is 1. The van der Waals surface area contributed by atoms with Gasteiger partial charge in [0.05, 0.1) is 13.2 Å². The molecule has 98 valence electrons. The monoisotopic (exact) mass is 251 g/mol. The van der Waals surface area contributed by atoms with E-state index in [1.165, 1.54) is 10.6 Å². The van der Waals surface area contributed by atoms with Crippen molar-refractivity contribution in [3.63, 3.8) is 0 Å². The first-order chi connectivity index (χ1) is 8.58. The molecule has 1 aliphatic rings. The highest BCUT2D eigenvalue weighted by atomic mass is 16.5. The smallest absolute Gasteiger partial charge is 0.254 e. The van der Waals surface area contributed by atoms with E-state index in [1.54, 1.807) is 18.7 Å². The number of carbonyl (C=O) groups is 1. The molecule has 1 amide bonds. The quantitative estimate of drug-likeness (QED) is 0.725. The van der Waals surface area contributed by atoms with Crippen LogP contribution in [0.4, 0.5) is 0 Å². The summed E-state index contributed by atoms with van der Waals surface area (Å²) in [4.78, 5) is 29.8. The molecule has 1 aromatic heterocycles. The second-order valence-corrected chi connectivity index (χ2v) is 4.36. The minimum Gasteiger partial charge on any atom is -0.378 e. The number of nitrogens with zero attached hydrogens (tertiary/aromatic N) is 3. The SMILES string of the molecule is Cc1cc(=O)n(CC(=O)N2CCOCC2)c(C)n1. The van der Waals surface area contributed by atoms with Crippen LogP contribution in [0.1, 0.15) is 11.5 Å². The van der Waals surface area contributed by atoms with E-state index in [1.807, 2.05) is 0 Å². The third-order valence-corrected chi connectivity index (χ3v) is 2.98. The Labute approximate surface area is 105 Å². The van der Waals surface area contributed by atoms with E-state index in [9.17, 15) is 9.59 Å².